The Morgan fingerprint density at radius 1 is 1.04 bits per heavy atom. The summed E-state index contributed by atoms with van der Waals surface area (Å²) in [6.07, 6.45) is 4.15. The van der Waals surface area contributed by atoms with Crippen molar-refractivity contribution in [3.05, 3.63) is 24.0 Å². The van der Waals surface area contributed by atoms with Gasteiger partial charge in [-0.15, -0.1) is 0 Å². The smallest absolute Gasteiger partial charge is 0.263 e. The maximum Gasteiger partial charge on any atom is 0.263 e. The van der Waals surface area contributed by atoms with Crippen LogP contribution in [-0.4, -0.2) is 51.2 Å². The maximum atomic E-state index is 14.7. The van der Waals surface area contributed by atoms with Crippen molar-refractivity contribution in [3.8, 4) is 0 Å². The molecule has 0 aromatic heterocycles. The van der Waals surface area contributed by atoms with E-state index in [1.54, 1.807) is 6.07 Å². The molecule has 0 radical (unpaired) electrons. The molecule has 3 saturated heterocycles. The Labute approximate surface area is 165 Å². The summed E-state index contributed by atoms with van der Waals surface area (Å²) in [5, 5.41) is 9.55. The fourth-order valence-corrected chi connectivity index (χ4v) is 5.04. The van der Waals surface area contributed by atoms with Gasteiger partial charge in [0.1, 0.15) is 5.82 Å². The molecule has 3 N–H and O–H groups in total. The normalized spacial score (nSPS) is 28.9. The van der Waals surface area contributed by atoms with Crippen LogP contribution in [0.25, 0.3) is 0 Å². The number of hydrogen-bond acceptors (Lipinski definition) is 4. The molecule has 4 rings (SSSR count). The van der Waals surface area contributed by atoms with Gasteiger partial charge in [-0.1, -0.05) is 0 Å². The summed E-state index contributed by atoms with van der Waals surface area (Å²) in [5.74, 6) is -3.38. The predicted molar refractivity (Wildman–Crippen MR) is 107 cm³/mol. The number of rotatable bonds is 4. The summed E-state index contributed by atoms with van der Waals surface area (Å²) in [4.78, 5) is 2.01. The van der Waals surface area contributed by atoms with Gasteiger partial charge in [0.15, 0.2) is 0 Å². The molecule has 1 aromatic carbocycles. The molecular formula is C21H31F3N4. The highest BCUT2D eigenvalue weighted by Gasteiger charge is 2.46. The Bertz CT molecular complexity index is 655. The molecule has 1 aromatic rings. The van der Waals surface area contributed by atoms with E-state index in [0.29, 0.717) is 50.6 Å². The largest absolute Gasteiger partial charge is 0.381 e. The van der Waals surface area contributed by atoms with Crippen molar-refractivity contribution >= 4 is 11.4 Å². The van der Waals surface area contributed by atoms with E-state index in [1.807, 2.05) is 17.0 Å². The topological polar surface area (TPSA) is 39.3 Å². The van der Waals surface area contributed by atoms with Gasteiger partial charge in [-0.2, -0.15) is 0 Å². The van der Waals surface area contributed by atoms with Gasteiger partial charge in [-0.3, -0.25) is 0 Å². The highest BCUT2D eigenvalue weighted by Crippen LogP contribution is 2.40. The van der Waals surface area contributed by atoms with Crippen LogP contribution >= 0.6 is 0 Å². The van der Waals surface area contributed by atoms with Crippen LogP contribution in [0.5, 0.6) is 0 Å². The van der Waals surface area contributed by atoms with E-state index in [4.69, 9.17) is 0 Å². The first-order valence-corrected chi connectivity index (χ1v) is 10.6. The second kappa shape index (κ2) is 8.49. The van der Waals surface area contributed by atoms with Gasteiger partial charge in [0.2, 0.25) is 0 Å². The van der Waals surface area contributed by atoms with E-state index in [-0.39, 0.29) is 18.3 Å². The summed E-state index contributed by atoms with van der Waals surface area (Å²) < 4.78 is 43.2. The summed E-state index contributed by atoms with van der Waals surface area (Å²) >= 11 is 0. The molecule has 0 amide bonds. The van der Waals surface area contributed by atoms with Crippen LogP contribution in [0, 0.1) is 17.7 Å². The predicted octanol–water partition coefficient (Wildman–Crippen LogP) is 3.45. The number of benzene rings is 1. The Morgan fingerprint density at radius 2 is 1.86 bits per heavy atom. The van der Waals surface area contributed by atoms with Gasteiger partial charge in [-0.05, 0) is 69.3 Å². The van der Waals surface area contributed by atoms with Crippen molar-refractivity contribution in [2.45, 2.75) is 44.1 Å². The van der Waals surface area contributed by atoms with Gasteiger partial charge in [0.05, 0.1) is 12.2 Å². The number of hydrogen-bond donors (Lipinski definition) is 3. The van der Waals surface area contributed by atoms with Crippen molar-refractivity contribution in [2.24, 2.45) is 11.8 Å². The number of halogens is 3. The van der Waals surface area contributed by atoms with Crippen LogP contribution in [-0.2, 0) is 0 Å². The molecule has 28 heavy (non-hydrogen) atoms. The third-order valence-electron chi connectivity index (χ3n) is 6.60. The van der Waals surface area contributed by atoms with Crippen LogP contribution in [0.3, 0.4) is 0 Å². The molecule has 0 saturated carbocycles. The quantitative estimate of drug-likeness (QED) is 0.729. The zero-order chi connectivity index (χ0) is 19.6. The van der Waals surface area contributed by atoms with Crippen molar-refractivity contribution in [2.75, 3.05) is 49.5 Å². The molecule has 0 spiro atoms. The molecule has 2 atom stereocenters. The Balaban J connectivity index is 1.35. The van der Waals surface area contributed by atoms with Crippen LogP contribution in [0.4, 0.5) is 24.5 Å². The summed E-state index contributed by atoms with van der Waals surface area (Å²) in [5.41, 5.74) is 1.39. The lowest BCUT2D eigenvalue weighted by Gasteiger charge is -2.42. The van der Waals surface area contributed by atoms with Crippen LogP contribution in [0.15, 0.2) is 18.2 Å². The lowest BCUT2D eigenvalue weighted by molar-refractivity contribution is -0.0981. The van der Waals surface area contributed by atoms with E-state index >= 15 is 0 Å². The number of nitrogens with zero attached hydrogens (tertiary/aromatic N) is 1. The third-order valence-corrected chi connectivity index (χ3v) is 6.60. The minimum atomic E-state index is -2.63. The van der Waals surface area contributed by atoms with E-state index in [9.17, 15) is 13.2 Å². The fourth-order valence-electron chi connectivity index (χ4n) is 5.04. The van der Waals surface area contributed by atoms with Crippen LogP contribution in [0.1, 0.15) is 32.1 Å². The summed E-state index contributed by atoms with van der Waals surface area (Å²) in [6.45, 7) is 3.68. The molecule has 3 fully saturated rings. The molecule has 156 valence electrons. The van der Waals surface area contributed by atoms with Crippen molar-refractivity contribution in [3.63, 3.8) is 0 Å². The van der Waals surface area contributed by atoms with Gasteiger partial charge in [-0.25, -0.2) is 13.2 Å². The number of alkyl halides is 2. The second-order valence-corrected chi connectivity index (χ2v) is 8.51. The van der Waals surface area contributed by atoms with Gasteiger partial charge in [0.25, 0.3) is 5.92 Å². The lowest BCUT2D eigenvalue weighted by Crippen LogP contribution is -2.50. The summed E-state index contributed by atoms with van der Waals surface area (Å²) in [6, 6.07) is 5.66. The highest BCUT2D eigenvalue weighted by molar-refractivity contribution is 5.57. The molecule has 0 aliphatic carbocycles. The van der Waals surface area contributed by atoms with Crippen LogP contribution < -0.4 is 20.9 Å². The molecule has 4 nitrogen and oxygen atoms in total. The lowest BCUT2D eigenvalue weighted by atomic mass is 9.77. The van der Waals surface area contributed by atoms with E-state index in [2.05, 4.69) is 16.0 Å². The zero-order valence-corrected chi connectivity index (χ0v) is 16.3. The third kappa shape index (κ3) is 4.40. The van der Waals surface area contributed by atoms with Crippen molar-refractivity contribution in [1.29, 1.82) is 0 Å². The number of anilines is 2. The molecular weight excluding hydrogens is 365 g/mol. The Morgan fingerprint density at radius 3 is 2.54 bits per heavy atom. The monoisotopic (exact) mass is 396 g/mol. The Kier molecular flexibility index (Phi) is 6.01. The van der Waals surface area contributed by atoms with Crippen molar-refractivity contribution < 1.29 is 13.2 Å². The van der Waals surface area contributed by atoms with Crippen LogP contribution in [0.2, 0.25) is 0 Å². The molecule has 2 unspecified atom stereocenters. The molecule has 3 aliphatic heterocycles. The Hall–Kier alpha value is -1.47. The average Bonchev–Trinajstić information content (AvgIpc) is 2.69. The van der Waals surface area contributed by atoms with E-state index in [0.717, 1.165) is 31.6 Å². The second-order valence-electron chi connectivity index (χ2n) is 8.51. The van der Waals surface area contributed by atoms with Gasteiger partial charge in [0, 0.05) is 37.3 Å². The van der Waals surface area contributed by atoms with Gasteiger partial charge < -0.3 is 20.9 Å². The molecule has 7 heteroatoms. The standard InChI is InChI=1S/C21H31F3N4/c22-19-12-16(27-17-2-1-8-25-13-17)3-4-20(19)28-10-6-15(7-11-28)18-5-9-26-14-21(18,23)24/h3-4,12,15,17-18,25-27H,1-2,5-11,13-14H2. The van der Waals surface area contributed by atoms with E-state index < -0.39 is 11.8 Å². The maximum absolute atomic E-state index is 14.7. The molecule has 3 aliphatic rings. The first-order chi connectivity index (χ1) is 13.5. The fraction of sp³-hybridized carbons (Fsp3) is 0.714. The van der Waals surface area contributed by atoms with E-state index in [1.165, 1.54) is 0 Å². The highest BCUT2D eigenvalue weighted by atomic mass is 19.3. The number of piperidine rings is 3. The molecule has 0 bridgehead atoms. The first kappa shape index (κ1) is 19.8. The zero-order valence-electron chi connectivity index (χ0n) is 16.3. The van der Waals surface area contributed by atoms with Gasteiger partial charge >= 0.3 is 0 Å². The minimum Gasteiger partial charge on any atom is -0.381 e. The summed E-state index contributed by atoms with van der Waals surface area (Å²) in [7, 11) is 0. The number of nitrogens with one attached hydrogen (secondary N) is 3. The minimum absolute atomic E-state index is 0.0242. The molecule has 3 heterocycles. The SMILES string of the molecule is Fc1cc(NC2CCCNC2)ccc1N1CCC(C2CCNCC2(F)F)CC1. The average molecular weight is 397 g/mol. The van der Waals surface area contributed by atoms with Crippen molar-refractivity contribution in [1.82, 2.24) is 10.6 Å². The first-order valence-electron chi connectivity index (χ1n) is 10.6.